The summed E-state index contributed by atoms with van der Waals surface area (Å²) < 4.78 is 1.77. The minimum atomic E-state index is 0.623. The van der Waals surface area contributed by atoms with Crippen molar-refractivity contribution in [2.75, 3.05) is 0 Å². The van der Waals surface area contributed by atoms with Crippen molar-refractivity contribution >= 4 is 16.7 Å². The molecule has 0 aliphatic rings. The summed E-state index contributed by atoms with van der Waals surface area (Å²) in [4.78, 5) is 8.82. The van der Waals surface area contributed by atoms with Gasteiger partial charge in [0.05, 0.1) is 11.2 Å². The van der Waals surface area contributed by atoms with Crippen molar-refractivity contribution in [3.05, 3.63) is 60.9 Å². The van der Waals surface area contributed by atoms with Gasteiger partial charge in [-0.15, -0.1) is 0 Å². The summed E-state index contributed by atoms with van der Waals surface area (Å²) in [5.74, 6) is 0.623. The van der Waals surface area contributed by atoms with E-state index in [1.165, 1.54) is 6.33 Å². The van der Waals surface area contributed by atoms with Gasteiger partial charge in [-0.3, -0.25) is 0 Å². The van der Waals surface area contributed by atoms with Crippen molar-refractivity contribution in [1.29, 1.82) is 0 Å². The molecule has 0 atom stereocenters. The Balaban J connectivity index is 2.19. The van der Waals surface area contributed by atoms with Crippen LogP contribution in [0.25, 0.3) is 27.9 Å². The van der Waals surface area contributed by atoms with Crippen LogP contribution in [0.5, 0.6) is 0 Å². The number of benzene rings is 2. The summed E-state index contributed by atoms with van der Waals surface area (Å²) >= 11 is 0. The number of nitrogens with zero attached hydrogens (tertiary/aromatic N) is 4. The first kappa shape index (κ1) is 10.2. The van der Waals surface area contributed by atoms with Gasteiger partial charge in [0.2, 0.25) is 0 Å². The van der Waals surface area contributed by atoms with Crippen LogP contribution in [0.1, 0.15) is 0 Å². The van der Waals surface area contributed by atoms with Crippen molar-refractivity contribution in [3.63, 3.8) is 0 Å². The van der Waals surface area contributed by atoms with Crippen LogP contribution in [-0.4, -0.2) is 19.6 Å². The summed E-state index contributed by atoms with van der Waals surface area (Å²) in [7, 11) is 0. The Kier molecular flexibility index (Phi) is 2.08. The number of hydrogen-bond acceptors (Lipinski definition) is 3. The van der Waals surface area contributed by atoms with Gasteiger partial charge in [0.25, 0.3) is 5.78 Å². The molecule has 0 unspecified atom stereocenters. The first-order valence-electron chi connectivity index (χ1n) is 6.07. The standard InChI is InChI=1S/C15H10N4/c1-2-6-11(7-3-1)14-12-8-4-5-9-13(12)19-15(18-14)16-10-17-19/h1-10H. The maximum atomic E-state index is 4.62. The molecule has 2 aromatic carbocycles. The number of hydrogen-bond donors (Lipinski definition) is 0. The Labute approximate surface area is 109 Å². The van der Waals surface area contributed by atoms with Gasteiger partial charge in [-0.05, 0) is 6.07 Å². The Morgan fingerprint density at radius 2 is 1.63 bits per heavy atom. The van der Waals surface area contributed by atoms with Crippen LogP contribution >= 0.6 is 0 Å². The zero-order valence-corrected chi connectivity index (χ0v) is 10.1. The number of fused-ring (bicyclic) bond motifs is 3. The van der Waals surface area contributed by atoms with E-state index in [0.717, 1.165) is 22.2 Å². The van der Waals surface area contributed by atoms with E-state index in [4.69, 9.17) is 0 Å². The SMILES string of the molecule is c1ccc(-c2nc3ncnn3c3ccccc23)cc1. The van der Waals surface area contributed by atoms with E-state index in [-0.39, 0.29) is 0 Å². The average Bonchev–Trinajstić information content (AvgIpc) is 2.96. The third-order valence-corrected chi connectivity index (χ3v) is 3.18. The quantitative estimate of drug-likeness (QED) is 0.518. The second-order valence-corrected chi connectivity index (χ2v) is 4.32. The number of aromatic nitrogens is 4. The lowest BCUT2D eigenvalue weighted by molar-refractivity contribution is 0.985. The van der Waals surface area contributed by atoms with Gasteiger partial charge < -0.3 is 0 Å². The highest BCUT2D eigenvalue weighted by Crippen LogP contribution is 2.26. The van der Waals surface area contributed by atoms with Gasteiger partial charge in [-0.1, -0.05) is 48.5 Å². The van der Waals surface area contributed by atoms with Crippen LogP contribution in [0.4, 0.5) is 0 Å². The van der Waals surface area contributed by atoms with Crippen LogP contribution in [0.15, 0.2) is 60.9 Å². The van der Waals surface area contributed by atoms with E-state index >= 15 is 0 Å². The molecule has 0 amide bonds. The molecule has 4 aromatic rings. The first-order chi connectivity index (χ1) is 9.43. The molecular formula is C15H10N4. The predicted molar refractivity (Wildman–Crippen MR) is 73.7 cm³/mol. The van der Waals surface area contributed by atoms with Crippen molar-refractivity contribution < 1.29 is 0 Å². The third kappa shape index (κ3) is 1.50. The molecule has 2 aromatic heterocycles. The highest BCUT2D eigenvalue weighted by Gasteiger charge is 2.10. The highest BCUT2D eigenvalue weighted by atomic mass is 15.3. The molecule has 0 aliphatic carbocycles. The van der Waals surface area contributed by atoms with Gasteiger partial charge in [0, 0.05) is 10.9 Å². The third-order valence-electron chi connectivity index (χ3n) is 3.18. The smallest absolute Gasteiger partial charge is 0.210 e. The molecule has 90 valence electrons. The van der Waals surface area contributed by atoms with Crippen LogP contribution in [0.2, 0.25) is 0 Å². The molecule has 0 saturated heterocycles. The Bertz CT molecular complexity index is 865. The lowest BCUT2D eigenvalue weighted by Gasteiger charge is -2.07. The topological polar surface area (TPSA) is 43.1 Å². The monoisotopic (exact) mass is 246 g/mol. The molecule has 4 heteroatoms. The van der Waals surface area contributed by atoms with Gasteiger partial charge in [0.1, 0.15) is 6.33 Å². The van der Waals surface area contributed by atoms with Crippen LogP contribution < -0.4 is 0 Å². The van der Waals surface area contributed by atoms with Gasteiger partial charge in [-0.2, -0.15) is 14.6 Å². The summed E-state index contributed by atoms with van der Waals surface area (Å²) in [6.07, 6.45) is 1.53. The average molecular weight is 246 g/mol. The Morgan fingerprint density at radius 3 is 2.53 bits per heavy atom. The fraction of sp³-hybridized carbons (Fsp3) is 0. The zero-order valence-electron chi connectivity index (χ0n) is 10.1. The highest BCUT2D eigenvalue weighted by molar-refractivity contribution is 5.93. The maximum absolute atomic E-state index is 4.62. The molecule has 0 bridgehead atoms. The zero-order chi connectivity index (χ0) is 12.7. The second kappa shape index (κ2) is 3.88. The molecule has 4 nitrogen and oxygen atoms in total. The molecule has 0 radical (unpaired) electrons. The van der Waals surface area contributed by atoms with Crippen molar-refractivity contribution in [1.82, 2.24) is 19.6 Å². The van der Waals surface area contributed by atoms with Crippen LogP contribution in [0, 0.1) is 0 Å². The summed E-state index contributed by atoms with van der Waals surface area (Å²) in [5.41, 5.74) is 3.05. The minimum Gasteiger partial charge on any atom is -0.210 e. The molecule has 2 heterocycles. The van der Waals surface area contributed by atoms with E-state index in [9.17, 15) is 0 Å². The summed E-state index contributed by atoms with van der Waals surface area (Å²) in [6.45, 7) is 0. The maximum Gasteiger partial charge on any atom is 0.253 e. The van der Waals surface area contributed by atoms with E-state index in [1.807, 2.05) is 36.4 Å². The van der Waals surface area contributed by atoms with Gasteiger partial charge >= 0.3 is 0 Å². The normalized spacial score (nSPS) is 11.2. The van der Waals surface area contributed by atoms with Gasteiger partial charge in [-0.25, -0.2) is 4.98 Å². The predicted octanol–water partition coefficient (Wildman–Crippen LogP) is 2.94. The second-order valence-electron chi connectivity index (χ2n) is 4.32. The molecule has 4 rings (SSSR count). The number of para-hydroxylation sites is 1. The Morgan fingerprint density at radius 1 is 0.842 bits per heavy atom. The molecule has 19 heavy (non-hydrogen) atoms. The molecular weight excluding hydrogens is 236 g/mol. The minimum absolute atomic E-state index is 0.623. The van der Waals surface area contributed by atoms with Crippen LogP contribution in [0.3, 0.4) is 0 Å². The van der Waals surface area contributed by atoms with Crippen LogP contribution in [-0.2, 0) is 0 Å². The molecule has 0 saturated carbocycles. The summed E-state index contributed by atoms with van der Waals surface area (Å²) in [6, 6.07) is 18.2. The largest absolute Gasteiger partial charge is 0.253 e. The first-order valence-corrected chi connectivity index (χ1v) is 6.07. The van der Waals surface area contributed by atoms with E-state index in [1.54, 1.807) is 4.52 Å². The Hall–Kier alpha value is -2.75. The van der Waals surface area contributed by atoms with Crippen molar-refractivity contribution in [2.45, 2.75) is 0 Å². The van der Waals surface area contributed by atoms with E-state index in [2.05, 4.69) is 33.3 Å². The van der Waals surface area contributed by atoms with E-state index in [0.29, 0.717) is 5.78 Å². The van der Waals surface area contributed by atoms with Gasteiger partial charge in [0.15, 0.2) is 0 Å². The van der Waals surface area contributed by atoms with Crippen molar-refractivity contribution in [2.24, 2.45) is 0 Å². The lowest BCUT2D eigenvalue weighted by atomic mass is 10.1. The number of rotatable bonds is 1. The summed E-state index contributed by atoms with van der Waals surface area (Å²) in [5, 5.41) is 5.30. The fourth-order valence-electron chi connectivity index (χ4n) is 2.32. The molecule has 0 N–H and O–H groups in total. The molecule has 0 fully saturated rings. The van der Waals surface area contributed by atoms with E-state index < -0.39 is 0 Å². The molecule has 0 aliphatic heterocycles. The molecule has 0 spiro atoms. The van der Waals surface area contributed by atoms with Crippen molar-refractivity contribution in [3.8, 4) is 11.3 Å². The fourth-order valence-corrected chi connectivity index (χ4v) is 2.32. The lowest BCUT2D eigenvalue weighted by Crippen LogP contribution is -1.96.